The molecule has 4 aliphatic rings. The number of ketones is 1. The van der Waals surface area contributed by atoms with E-state index < -0.39 is 23.8 Å². The molecule has 0 unspecified atom stereocenters. The molecular formula is C26H36N4O5. The number of ether oxygens (including phenoxy) is 1. The lowest BCUT2D eigenvalue weighted by atomic mass is 9.93. The van der Waals surface area contributed by atoms with Crippen molar-refractivity contribution in [1.29, 1.82) is 0 Å². The van der Waals surface area contributed by atoms with E-state index in [1.807, 2.05) is 24.3 Å². The van der Waals surface area contributed by atoms with Crippen LogP contribution in [0, 0.1) is 0 Å². The van der Waals surface area contributed by atoms with Crippen LogP contribution in [0.2, 0.25) is 0 Å². The highest BCUT2D eigenvalue weighted by Gasteiger charge is 2.56. The molecule has 2 N–H and O–H groups in total. The van der Waals surface area contributed by atoms with Crippen molar-refractivity contribution in [3.63, 3.8) is 0 Å². The summed E-state index contributed by atoms with van der Waals surface area (Å²) in [5.74, 6) is -0.759. The predicted octanol–water partition coefficient (Wildman–Crippen LogP) is 0.801. The van der Waals surface area contributed by atoms with Crippen LogP contribution in [0.1, 0.15) is 49.4 Å². The molecule has 1 aliphatic carbocycles. The quantitative estimate of drug-likeness (QED) is 0.616. The number of Topliss-reactive ketones (excluding diaryl/α,β-unsaturated/α-hetero) is 1. The highest BCUT2D eigenvalue weighted by molar-refractivity contribution is 6.01. The number of likely N-dealkylation sites (tertiary alicyclic amines) is 1. The second-order valence-corrected chi connectivity index (χ2v) is 10.3. The van der Waals surface area contributed by atoms with E-state index in [-0.39, 0.29) is 30.7 Å². The largest absolute Gasteiger partial charge is 0.388 e. The third-order valence-electron chi connectivity index (χ3n) is 8.04. The first-order valence-electron chi connectivity index (χ1n) is 13.0. The molecule has 1 saturated carbocycles. The molecule has 3 saturated heterocycles. The van der Waals surface area contributed by atoms with Crippen molar-refractivity contribution in [3.8, 4) is 0 Å². The van der Waals surface area contributed by atoms with E-state index in [0.717, 1.165) is 57.7 Å². The molecule has 1 aromatic rings. The maximum atomic E-state index is 13.7. The molecule has 0 aromatic heterocycles. The van der Waals surface area contributed by atoms with E-state index in [2.05, 4.69) is 22.0 Å². The Kier molecular flexibility index (Phi) is 6.83. The van der Waals surface area contributed by atoms with Gasteiger partial charge in [0.25, 0.3) is 5.91 Å². The summed E-state index contributed by atoms with van der Waals surface area (Å²) in [6.45, 7) is 7.32. The Morgan fingerprint density at radius 1 is 1.11 bits per heavy atom. The van der Waals surface area contributed by atoms with Gasteiger partial charge in [-0.2, -0.15) is 0 Å². The fourth-order valence-corrected chi connectivity index (χ4v) is 6.14. The molecule has 0 spiro atoms. The molecule has 9 heteroatoms. The van der Waals surface area contributed by atoms with Crippen LogP contribution in [0.5, 0.6) is 0 Å². The number of nitrogens with zero attached hydrogens (tertiary/aromatic N) is 3. The number of aliphatic hydroxyl groups is 1. The summed E-state index contributed by atoms with van der Waals surface area (Å²) in [6, 6.07) is 6.83. The maximum absolute atomic E-state index is 13.7. The molecule has 190 valence electrons. The van der Waals surface area contributed by atoms with E-state index in [1.165, 1.54) is 4.90 Å². The first kappa shape index (κ1) is 24.2. The van der Waals surface area contributed by atoms with Crippen molar-refractivity contribution >= 4 is 23.3 Å². The third-order valence-corrected chi connectivity index (χ3v) is 8.04. The molecule has 9 nitrogen and oxygen atoms in total. The fourth-order valence-electron chi connectivity index (χ4n) is 6.14. The lowest BCUT2D eigenvalue weighted by molar-refractivity contribution is -0.142. The normalized spacial score (nSPS) is 28.4. The SMILES string of the molecule is CCCN1CCN(c2ccc(C(=O)NC3(C(=O)N4C[C@H](O)[C@H]5OCC(=O)[C@H]54)CCCC3)cc2)CC1. The zero-order valence-corrected chi connectivity index (χ0v) is 20.4. The van der Waals surface area contributed by atoms with Crippen molar-refractivity contribution in [2.75, 3.05) is 50.8 Å². The highest BCUT2D eigenvalue weighted by Crippen LogP contribution is 2.36. The van der Waals surface area contributed by atoms with E-state index in [4.69, 9.17) is 4.74 Å². The molecule has 3 heterocycles. The Hall–Kier alpha value is -2.49. The van der Waals surface area contributed by atoms with Gasteiger partial charge in [0.05, 0.1) is 6.54 Å². The average molecular weight is 485 g/mol. The molecule has 3 aliphatic heterocycles. The summed E-state index contributed by atoms with van der Waals surface area (Å²) in [4.78, 5) is 45.6. The minimum absolute atomic E-state index is 0.0533. The summed E-state index contributed by atoms with van der Waals surface area (Å²) in [7, 11) is 0. The van der Waals surface area contributed by atoms with Crippen molar-refractivity contribution in [3.05, 3.63) is 29.8 Å². The number of aliphatic hydroxyl groups excluding tert-OH is 1. The van der Waals surface area contributed by atoms with Gasteiger partial charge in [-0.3, -0.25) is 19.3 Å². The number of piperazine rings is 1. The van der Waals surface area contributed by atoms with Crippen molar-refractivity contribution in [2.45, 2.75) is 62.8 Å². The van der Waals surface area contributed by atoms with Crippen LogP contribution in [0.3, 0.4) is 0 Å². The highest BCUT2D eigenvalue weighted by atomic mass is 16.5. The summed E-state index contributed by atoms with van der Waals surface area (Å²) in [5.41, 5.74) is 0.557. The second-order valence-electron chi connectivity index (χ2n) is 10.3. The zero-order chi connectivity index (χ0) is 24.6. The van der Waals surface area contributed by atoms with Gasteiger partial charge in [0, 0.05) is 37.4 Å². The number of rotatable bonds is 6. The van der Waals surface area contributed by atoms with Crippen LogP contribution < -0.4 is 10.2 Å². The number of benzene rings is 1. The number of fused-ring (bicyclic) bond motifs is 1. The van der Waals surface area contributed by atoms with Crippen molar-refractivity contribution < 1.29 is 24.2 Å². The first-order chi connectivity index (χ1) is 16.9. The standard InChI is InChI=1S/C26H36N4O5/c1-2-11-28-12-14-29(15-13-28)19-7-5-18(6-8-19)24(33)27-26(9-3-4-10-26)25(34)30-16-20(31)23-22(30)21(32)17-35-23/h5-8,20,22-23,31H,2-4,9-17H2,1H3,(H,27,33)/t20-,22+,23+/m0/s1. The van der Waals surface area contributed by atoms with Gasteiger partial charge in [0.1, 0.15) is 30.4 Å². The Labute approximate surface area is 206 Å². The number of carbonyl (C=O) groups is 3. The summed E-state index contributed by atoms with van der Waals surface area (Å²) >= 11 is 0. The molecule has 35 heavy (non-hydrogen) atoms. The maximum Gasteiger partial charge on any atom is 0.252 e. The molecular weight excluding hydrogens is 448 g/mol. The monoisotopic (exact) mass is 484 g/mol. The Morgan fingerprint density at radius 3 is 2.46 bits per heavy atom. The van der Waals surface area contributed by atoms with Crippen LogP contribution in [0.15, 0.2) is 24.3 Å². The third kappa shape index (κ3) is 4.57. The zero-order valence-electron chi connectivity index (χ0n) is 20.4. The summed E-state index contributed by atoms with van der Waals surface area (Å²) in [6.07, 6.45) is 2.30. The minimum Gasteiger partial charge on any atom is -0.388 e. The molecule has 0 bridgehead atoms. The van der Waals surface area contributed by atoms with E-state index in [9.17, 15) is 19.5 Å². The van der Waals surface area contributed by atoms with Gasteiger partial charge >= 0.3 is 0 Å². The number of hydrogen-bond donors (Lipinski definition) is 2. The topological polar surface area (TPSA) is 102 Å². The molecule has 3 atom stereocenters. The van der Waals surface area contributed by atoms with Gasteiger partial charge in [0.2, 0.25) is 5.91 Å². The van der Waals surface area contributed by atoms with Crippen LogP contribution in [0.25, 0.3) is 0 Å². The van der Waals surface area contributed by atoms with Gasteiger partial charge < -0.3 is 25.0 Å². The van der Waals surface area contributed by atoms with Crippen molar-refractivity contribution in [1.82, 2.24) is 15.1 Å². The van der Waals surface area contributed by atoms with Crippen LogP contribution >= 0.6 is 0 Å². The average Bonchev–Trinajstić information content (AvgIpc) is 3.58. The van der Waals surface area contributed by atoms with Gasteiger partial charge in [-0.1, -0.05) is 19.8 Å². The van der Waals surface area contributed by atoms with Gasteiger partial charge in [-0.05, 0) is 50.1 Å². The lowest BCUT2D eigenvalue weighted by Crippen LogP contribution is -2.60. The van der Waals surface area contributed by atoms with Crippen LogP contribution in [0.4, 0.5) is 5.69 Å². The Bertz CT molecular complexity index is 953. The molecule has 2 amide bonds. The molecule has 4 fully saturated rings. The number of carbonyl (C=O) groups excluding carboxylic acids is 3. The number of amides is 2. The van der Waals surface area contributed by atoms with Crippen molar-refractivity contribution in [2.24, 2.45) is 0 Å². The molecule has 0 radical (unpaired) electrons. The number of anilines is 1. The summed E-state index contributed by atoms with van der Waals surface area (Å²) < 4.78 is 5.42. The van der Waals surface area contributed by atoms with E-state index >= 15 is 0 Å². The number of β-amino-alcohol motifs (C(OH)–C–C–N with tert-alkyl or cyclic N) is 1. The van der Waals surface area contributed by atoms with Crippen LogP contribution in [-0.4, -0.2) is 102 Å². The minimum atomic E-state index is -1.05. The van der Waals surface area contributed by atoms with E-state index in [0.29, 0.717) is 18.4 Å². The molecule has 1 aromatic carbocycles. The smallest absolute Gasteiger partial charge is 0.252 e. The fraction of sp³-hybridized carbons (Fsp3) is 0.654. The van der Waals surface area contributed by atoms with E-state index in [1.54, 1.807) is 0 Å². The number of hydrogen-bond acceptors (Lipinski definition) is 7. The molecule has 5 rings (SSSR count). The summed E-state index contributed by atoms with van der Waals surface area (Å²) in [5, 5.41) is 13.4. The Morgan fingerprint density at radius 2 is 1.80 bits per heavy atom. The second kappa shape index (κ2) is 9.87. The first-order valence-corrected chi connectivity index (χ1v) is 13.0. The Balaban J connectivity index is 1.26. The number of nitrogens with one attached hydrogen (secondary N) is 1. The van der Waals surface area contributed by atoms with Gasteiger partial charge in [0.15, 0.2) is 5.78 Å². The van der Waals surface area contributed by atoms with Gasteiger partial charge in [-0.15, -0.1) is 0 Å². The van der Waals surface area contributed by atoms with Gasteiger partial charge in [-0.25, -0.2) is 0 Å². The predicted molar refractivity (Wildman–Crippen MR) is 130 cm³/mol. The van der Waals surface area contributed by atoms with Crippen LogP contribution in [-0.2, 0) is 14.3 Å². The lowest BCUT2D eigenvalue weighted by Gasteiger charge is -2.36.